The second-order valence-corrected chi connectivity index (χ2v) is 4.36. The topological polar surface area (TPSA) is 6.48 Å². The lowest BCUT2D eigenvalue weighted by Gasteiger charge is -2.28. The van der Waals surface area contributed by atoms with E-state index in [1.807, 2.05) is 0 Å². The van der Waals surface area contributed by atoms with E-state index in [9.17, 15) is 0 Å². The Morgan fingerprint density at radius 1 is 1.33 bits per heavy atom. The molecule has 1 aromatic rings. The summed E-state index contributed by atoms with van der Waals surface area (Å²) in [6.07, 6.45) is 1.19. The highest BCUT2D eigenvalue weighted by Gasteiger charge is 2.26. The van der Waals surface area contributed by atoms with Gasteiger partial charge < -0.3 is 5.01 Å². The zero-order chi connectivity index (χ0) is 10.8. The molecule has 0 radical (unpaired) electrons. The second-order valence-electron chi connectivity index (χ2n) is 3.88. The lowest BCUT2D eigenvalue weighted by Crippen LogP contribution is -2.37. The van der Waals surface area contributed by atoms with Crippen molar-refractivity contribution >= 4 is 18.3 Å². The fraction of sp³-hybridized carbons (Fsp3) is 0.500. The Bertz CT molecular complexity index is 351. The van der Waals surface area contributed by atoms with E-state index in [1.165, 1.54) is 17.7 Å². The molecule has 15 heavy (non-hydrogen) atoms. The first kappa shape index (κ1) is 10.8. The average molecular weight is 222 g/mol. The third kappa shape index (κ3) is 1.86. The van der Waals surface area contributed by atoms with Gasteiger partial charge in [0.25, 0.3) is 0 Å². The number of fused-ring (bicyclic) bond motifs is 1. The van der Waals surface area contributed by atoms with Crippen molar-refractivity contribution in [3.63, 3.8) is 0 Å². The van der Waals surface area contributed by atoms with Gasteiger partial charge in [-0.05, 0) is 25.5 Å². The molecule has 0 atom stereocenters. The van der Waals surface area contributed by atoms with E-state index < -0.39 is 0 Å². The van der Waals surface area contributed by atoms with Crippen LogP contribution in [0.15, 0.2) is 23.1 Å². The van der Waals surface area contributed by atoms with Crippen LogP contribution < -0.4 is 5.01 Å². The van der Waals surface area contributed by atoms with E-state index in [0.29, 0.717) is 0 Å². The van der Waals surface area contributed by atoms with E-state index in [2.05, 4.69) is 54.7 Å². The third-order valence-corrected chi connectivity index (χ3v) is 3.29. The molecule has 2 nitrogen and oxygen atoms in total. The molecule has 0 N–H and O–H groups in total. The summed E-state index contributed by atoms with van der Waals surface area (Å²) >= 11 is 4.52. The number of anilines is 1. The van der Waals surface area contributed by atoms with Crippen LogP contribution in [0.1, 0.15) is 25.8 Å². The lowest BCUT2D eigenvalue weighted by molar-refractivity contribution is 0.266. The minimum Gasteiger partial charge on any atom is -0.305 e. The fourth-order valence-corrected chi connectivity index (χ4v) is 2.49. The van der Waals surface area contributed by atoms with Gasteiger partial charge in [-0.15, -0.1) is 12.6 Å². The van der Waals surface area contributed by atoms with Gasteiger partial charge >= 0.3 is 0 Å². The molecule has 0 amide bonds. The summed E-state index contributed by atoms with van der Waals surface area (Å²) in [5.74, 6) is 0. The zero-order valence-corrected chi connectivity index (χ0v) is 10.3. The van der Waals surface area contributed by atoms with Crippen LogP contribution in [0.25, 0.3) is 0 Å². The molecule has 0 unspecified atom stereocenters. The van der Waals surface area contributed by atoms with Crippen molar-refractivity contribution < 1.29 is 0 Å². The van der Waals surface area contributed by atoms with E-state index >= 15 is 0 Å². The second kappa shape index (κ2) is 4.45. The van der Waals surface area contributed by atoms with Crippen LogP contribution in [0.4, 0.5) is 5.69 Å². The lowest BCUT2D eigenvalue weighted by atomic mass is 10.2. The number of benzene rings is 1. The highest BCUT2D eigenvalue weighted by Crippen LogP contribution is 2.34. The normalized spacial score (nSPS) is 15.8. The first-order chi connectivity index (χ1) is 7.27. The summed E-state index contributed by atoms with van der Waals surface area (Å²) in [7, 11) is 0. The first-order valence-corrected chi connectivity index (χ1v) is 6.05. The van der Waals surface area contributed by atoms with Crippen LogP contribution in [0, 0.1) is 0 Å². The van der Waals surface area contributed by atoms with Crippen LogP contribution in [-0.4, -0.2) is 18.1 Å². The number of hydrogen-bond acceptors (Lipinski definition) is 3. The predicted octanol–water partition coefficient (Wildman–Crippen LogP) is 2.94. The molecule has 1 heterocycles. The van der Waals surface area contributed by atoms with Crippen molar-refractivity contribution in [2.24, 2.45) is 0 Å². The quantitative estimate of drug-likeness (QED) is 0.786. The number of rotatable bonds is 3. The molecule has 3 heteroatoms. The number of hydrogen-bond donors (Lipinski definition) is 1. The van der Waals surface area contributed by atoms with Gasteiger partial charge in [0, 0.05) is 30.1 Å². The molecule has 0 bridgehead atoms. The Kier molecular flexibility index (Phi) is 3.22. The highest BCUT2D eigenvalue weighted by atomic mass is 32.1. The van der Waals surface area contributed by atoms with Crippen LogP contribution in [0.5, 0.6) is 0 Å². The average Bonchev–Trinajstić information content (AvgIpc) is 2.58. The Labute approximate surface area is 97.3 Å². The van der Waals surface area contributed by atoms with Gasteiger partial charge in [-0.3, -0.25) is 0 Å². The molecular weight excluding hydrogens is 204 g/mol. The van der Waals surface area contributed by atoms with Gasteiger partial charge in [0.15, 0.2) is 0 Å². The molecule has 0 fully saturated rings. The summed E-state index contributed by atoms with van der Waals surface area (Å²) in [5, 5.41) is 4.77. The van der Waals surface area contributed by atoms with Gasteiger partial charge in [0.05, 0.1) is 5.69 Å². The van der Waals surface area contributed by atoms with Crippen molar-refractivity contribution in [3.8, 4) is 0 Å². The Hall–Kier alpha value is -0.670. The molecule has 2 rings (SSSR count). The Balaban J connectivity index is 2.32. The van der Waals surface area contributed by atoms with Crippen LogP contribution in [0.2, 0.25) is 0 Å². The standard InChI is InChI=1S/C12H18N2S/c1-3-8-13-9-10-11(14(13)4-2)6-5-7-12(10)15/h5-7,15H,3-4,8-9H2,1-2H3. The van der Waals surface area contributed by atoms with Gasteiger partial charge in [0.2, 0.25) is 0 Å². The van der Waals surface area contributed by atoms with Crippen molar-refractivity contribution in [2.45, 2.75) is 31.7 Å². The number of thiol groups is 1. The van der Waals surface area contributed by atoms with Crippen LogP contribution in [0.3, 0.4) is 0 Å². The van der Waals surface area contributed by atoms with Crippen molar-refractivity contribution in [1.82, 2.24) is 5.01 Å². The third-order valence-electron chi connectivity index (χ3n) is 2.87. The highest BCUT2D eigenvalue weighted by molar-refractivity contribution is 7.80. The summed E-state index contributed by atoms with van der Waals surface area (Å²) in [5.41, 5.74) is 2.70. The molecule has 1 aromatic carbocycles. The molecule has 0 spiro atoms. The maximum Gasteiger partial charge on any atom is 0.0579 e. The van der Waals surface area contributed by atoms with Gasteiger partial charge in [0.1, 0.15) is 0 Å². The molecule has 0 aliphatic carbocycles. The molecule has 1 aliphatic heterocycles. The summed E-state index contributed by atoms with van der Waals surface area (Å²) in [6, 6.07) is 6.35. The van der Waals surface area contributed by atoms with Gasteiger partial charge in [-0.25, -0.2) is 5.01 Å². The van der Waals surface area contributed by atoms with E-state index in [0.717, 1.165) is 24.5 Å². The maximum atomic E-state index is 4.52. The molecular formula is C12H18N2S. The van der Waals surface area contributed by atoms with Gasteiger partial charge in [-0.2, -0.15) is 0 Å². The van der Waals surface area contributed by atoms with Crippen LogP contribution in [-0.2, 0) is 6.54 Å². The number of hydrazine groups is 1. The minimum absolute atomic E-state index is 1.01. The number of nitrogens with zero attached hydrogens (tertiary/aromatic N) is 2. The van der Waals surface area contributed by atoms with E-state index in [4.69, 9.17) is 0 Å². The van der Waals surface area contributed by atoms with E-state index in [-0.39, 0.29) is 0 Å². The summed E-state index contributed by atoms with van der Waals surface area (Å²) < 4.78 is 0. The largest absolute Gasteiger partial charge is 0.305 e. The maximum absolute atomic E-state index is 4.52. The molecule has 82 valence electrons. The molecule has 0 saturated carbocycles. The summed E-state index contributed by atoms with van der Waals surface area (Å²) in [6.45, 7) is 7.58. The SMILES string of the molecule is CCCN1Cc2c(S)cccc2N1CC. The zero-order valence-electron chi connectivity index (χ0n) is 9.40. The first-order valence-electron chi connectivity index (χ1n) is 5.61. The monoisotopic (exact) mass is 222 g/mol. The predicted molar refractivity (Wildman–Crippen MR) is 67.4 cm³/mol. The molecule has 1 aliphatic rings. The Morgan fingerprint density at radius 2 is 2.13 bits per heavy atom. The minimum atomic E-state index is 1.01. The van der Waals surface area contributed by atoms with Crippen molar-refractivity contribution in [3.05, 3.63) is 23.8 Å². The smallest absolute Gasteiger partial charge is 0.0579 e. The molecule has 0 aromatic heterocycles. The van der Waals surface area contributed by atoms with Crippen molar-refractivity contribution in [1.29, 1.82) is 0 Å². The molecule has 0 saturated heterocycles. The fourth-order valence-electron chi connectivity index (χ4n) is 2.22. The van der Waals surface area contributed by atoms with Gasteiger partial charge in [-0.1, -0.05) is 13.0 Å². The van der Waals surface area contributed by atoms with Crippen molar-refractivity contribution in [2.75, 3.05) is 18.1 Å². The van der Waals surface area contributed by atoms with Crippen LogP contribution >= 0.6 is 12.6 Å². The van der Waals surface area contributed by atoms with E-state index in [1.54, 1.807) is 0 Å². The Morgan fingerprint density at radius 3 is 2.80 bits per heavy atom. The summed E-state index contributed by atoms with van der Waals surface area (Å²) in [4.78, 5) is 1.12.